The molecule has 0 amide bonds. The summed E-state index contributed by atoms with van der Waals surface area (Å²) in [6.45, 7) is 8.73. The second kappa shape index (κ2) is 5.31. The second-order valence-electron chi connectivity index (χ2n) is 5.49. The molecule has 0 saturated heterocycles. The van der Waals surface area contributed by atoms with Crippen molar-refractivity contribution in [3.8, 4) is 0 Å². The van der Waals surface area contributed by atoms with Crippen LogP contribution in [0.1, 0.15) is 31.9 Å². The molecule has 0 radical (unpaired) electrons. The van der Waals surface area contributed by atoms with E-state index in [0.29, 0.717) is 5.92 Å². The fourth-order valence-electron chi connectivity index (χ4n) is 1.72. The van der Waals surface area contributed by atoms with Gasteiger partial charge in [-0.1, -0.05) is 42.8 Å². The van der Waals surface area contributed by atoms with E-state index in [2.05, 4.69) is 36.7 Å². The van der Waals surface area contributed by atoms with Crippen LogP contribution in [-0.4, -0.2) is 5.33 Å². The molecule has 16 heavy (non-hydrogen) atoms. The summed E-state index contributed by atoms with van der Waals surface area (Å²) in [5.74, 6) is 0.385. The summed E-state index contributed by atoms with van der Waals surface area (Å²) in [4.78, 5) is 0. The average molecular weight is 287 g/mol. The normalized spacial score (nSPS) is 13.9. The van der Waals surface area contributed by atoms with Crippen LogP contribution in [-0.2, 0) is 6.42 Å². The molecule has 0 spiro atoms. The quantitative estimate of drug-likeness (QED) is 0.705. The van der Waals surface area contributed by atoms with Gasteiger partial charge in [0.25, 0.3) is 0 Å². The van der Waals surface area contributed by atoms with Crippen LogP contribution in [0.3, 0.4) is 0 Å². The minimum atomic E-state index is -0.136. The van der Waals surface area contributed by atoms with Crippen molar-refractivity contribution >= 4 is 15.9 Å². The lowest BCUT2D eigenvalue weighted by Crippen LogP contribution is -2.24. The number of halogens is 2. The highest BCUT2D eigenvalue weighted by atomic mass is 79.9. The van der Waals surface area contributed by atoms with Gasteiger partial charge in [-0.05, 0) is 47.9 Å². The van der Waals surface area contributed by atoms with E-state index in [1.54, 1.807) is 6.07 Å². The maximum atomic E-state index is 13.2. The summed E-state index contributed by atoms with van der Waals surface area (Å²) in [5.41, 5.74) is 2.54. The Morgan fingerprint density at radius 2 is 1.94 bits per heavy atom. The number of benzene rings is 1. The largest absolute Gasteiger partial charge is 0.207 e. The Morgan fingerprint density at radius 1 is 1.31 bits per heavy atom. The van der Waals surface area contributed by atoms with E-state index in [9.17, 15) is 4.39 Å². The summed E-state index contributed by atoms with van der Waals surface area (Å²) in [6.07, 6.45) is 0.929. The molecule has 0 aliphatic rings. The topological polar surface area (TPSA) is 0 Å². The first-order valence-corrected chi connectivity index (χ1v) is 6.77. The van der Waals surface area contributed by atoms with Gasteiger partial charge in [0.05, 0.1) is 0 Å². The second-order valence-corrected chi connectivity index (χ2v) is 6.14. The fourth-order valence-corrected chi connectivity index (χ4v) is 2.92. The molecule has 0 nitrogen and oxygen atoms in total. The minimum Gasteiger partial charge on any atom is -0.207 e. The lowest BCUT2D eigenvalue weighted by atomic mass is 9.78. The number of rotatable bonds is 3. The highest BCUT2D eigenvalue weighted by Gasteiger charge is 2.24. The molecule has 1 aromatic carbocycles. The van der Waals surface area contributed by atoms with Gasteiger partial charge in [0, 0.05) is 5.33 Å². The molecule has 1 atom stereocenters. The van der Waals surface area contributed by atoms with Gasteiger partial charge < -0.3 is 0 Å². The fraction of sp³-hybridized carbons (Fsp3) is 0.571. The van der Waals surface area contributed by atoms with E-state index < -0.39 is 0 Å². The zero-order valence-electron chi connectivity index (χ0n) is 10.5. The van der Waals surface area contributed by atoms with Crippen LogP contribution in [0.5, 0.6) is 0 Å². The molecule has 0 saturated carbocycles. The number of alkyl halides is 1. The number of hydrogen-bond acceptors (Lipinski definition) is 0. The molecule has 0 heterocycles. The van der Waals surface area contributed by atoms with Crippen molar-refractivity contribution in [3.05, 3.63) is 35.1 Å². The number of aryl methyl sites for hydroxylation is 1. The third-order valence-electron chi connectivity index (χ3n) is 3.19. The first-order chi connectivity index (χ1) is 7.34. The van der Waals surface area contributed by atoms with Gasteiger partial charge in [-0.2, -0.15) is 0 Å². The summed E-state index contributed by atoms with van der Waals surface area (Å²) < 4.78 is 13.2. The molecule has 1 unspecified atom stereocenters. The first-order valence-electron chi connectivity index (χ1n) is 5.65. The Balaban J connectivity index is 2.90. The minimum absolute atomic E-state index is 0.136. The first kappa shape index (κ1) is 13.7. The van der Waals surface area contributed by atoms with Crippen molar-refractivity contribution in [1.29, 1.82) is 0 Å². The van der Waals surface area contributed by atoms with Crippen molar-refractivity contribution < 1.29 is 4.39 Å². The van der Waals surface area contributed by atoms with Crippen molar-refractivity contribution in [2.75, 3.05) is 5.33 Å². The van der Waals surface area contributed by atoms with E-state index in [1.807, 2.05) is 13.0 Å². The summed E-state index contributed by atoms with van der Waals surface area (Å²) in [5, 5.41) is 0.951. The number of hydrogen-bond donors (Lipinski definition) is 0. The predicted octanol–water partition coefficient (Wildman–Crippen LogP) is 4.73. The van der Waals surface area contributed by atoms with Crippen LogP contribution in [0, 0.1) is 24.1 Å². The van der Waals surface area contributed by atoms with Gasteiger partial charge >= 0.3 is 0 Å². The van der Waals surface area contributed by atoms with Gasteiger partial charge in [-0.15, -0.1) is 0 Å². The summed E-state index contributed by atoms with van der Waals surface area (Å²) >= 11 is 3.56. The summed E-state index contributed by atoms with van der Waals surface area (Å²) in [7, 11) is 0. The lowest BCUT2D eigenvalue weighted by Gasteiger charge is -2.29. The molecular formula is C14H20BrF. The third-order valence-corrected chi connectivity index (χ3v) is 3.97. The van der Waals surface area contributed by atoms with Gasteiger partial charge in [-0.3, -0.25) is 0 Å². The van der Waals surface area contributed by atoms with Crippen LogP contribution in [0.15, 0.2) is 18.2 Å². The molecule has 0 aliphatic heterocycles. The molecule has 0 bridgehead atoms. The van der Waals surface area contributed by atoms with Gasteiger partial charge in [-0.25, -0.2) is 4.39 Å². The molecule has 0 N–H and O–H groups in total. The predicted molar refractivity (Wildman–Crippen MR) is 71.6 cm³/mol. The Kier molecular flexibility index (Phi) is 4.54. The Bertz CT molecular complexity index is 352. The van der Waals surface area contributed by atoms with Crippen molar-refractivity contribution in [1.82, 2.24) is 0 Å². The highest BCUT2D eigenvalue weighted by Crippen LogP contribution is 2.31. The standard InChI is InChI=1S/C14H20BrF/c1-10-5-6-13(16)8-11(10)7-12(9-15)14(2,3)4/h5-6,8,12H,7,9H2,1-4H3. The van der Waals surface area contributed by atoms with E-state index in [0.717, 1.165) is 17.3 Å². The van der Waals surface area contributed by atoms with Gasteiger partial charge in [0.15, 0.2) is 0 Å². The molecule has 0 aromatic heterocycles. The lowest BCUT2D eigenvalue weighted by molar-refractivity contribution is 0.266. The van der Waals surface area contributed by atoms with E-state index in [4.69, 9.17) is 0 Å². The van der Waals surface area contributed by atoms with Gasteiger partial charge in [0.2, 0.25) is 0 Å². The highest BCUT2D eigenvalue weighted by molar-refractivity contribution is 9.09. The molecule has 0 fully saturated rings. The van der Waals surface area contributed by atoms with Crippen LogP contribution in [0.4, 0.5) is 4.39 Å². The van der Waals surface area contributed by atoms with Crippen LogP contribution in [0.25, 0.3) is 0 Å². The Labute approximate surface area is 106 Å². The zero-order valence-corrected chi connectivity index (χ0v) is 12.1. The van der Waals surface area contributed by atoms with Crippen molar-refractivity contribution in [3.63, 3.8) is 0 Å². The zero-order chi connectivity index (χ0) is 12.3. The molecular weight excluding hydrogens is 267 g/mol. The van der Waals surface area contributed by atoms with Crippen molar-refractivity contribution in [2.24, 2.45) is 11.3 Å². The molecule has 1 aromatic rings. The monoisotopic (exact) mass is 286 g/mol. The Morgan fingerprint density at radius 3 is 2.44 bits per heavy atom. The van der Waals surface area contributed by atoms with E-state index in [-0.39, 0.29) is 11.2 Å². The third kappa shape index (κ3) is 3.58. The average Bonchev–Trinajstić information content (AvgIpc) is 2.17. The van der Waals surface area contributed by atoms with E-state index in [1.165, 1.54) is 11.6 Å². The molecule has 90 valence electrons. The van der Waals surface area contributed by atoms with Crippen LogP contribution < -0.4 is 0 Å². The smallest absolute Gasteiger partial charge is 0.123 e. The Hall–Kier alpha value is -0.370. The molecule has 1 rings (SSSR count). The van der Waals surface area contributed by atoms with Gasteiger partial charge in [0.1, 0.15) is 5.82 Å². The maximum absolute atomic E-state index is 13.2. The van der Waals surface area contributed by atoms with E-state index >= 15 is 0 Å². The van der Waals surface area contributed by atoms with Crippen molar-refractivity contribution in [2.45, 2.75) is 34.1 Å². The molecule has 2 heteroatoms. The SMILES string of the molecule is Cc1ccc(F)cc1CC(CBr)C(C)(C)C. The van der Waals surface area contributed by atoms with Crippen LogP contribution >= 0.6 is 15.9 Å². The maximum Gasteiger partial charge on any atom is 0.123 e. The molecule has 0 aliphatic carbocycles. The summed E-state index contributed by atoms with van der Waals surface area (Å²) in [6, 6.07) is 5.05. The van der Waals surface area contributed by atoms with Crippen LogP contribution in [0.2, 0.25) is 0 Å².